The van der Waals surface area contributed by atoms with Gasteiger partial charge in [0.1, 0.15) is 11.6 Å². The molecular formula is C18H35O6P. The van der Waals surface area contributed by atoms with Gasteiger partial charge in [0, 0.05) is 25.7 Å². The van der Waals surface area contributed by atoms with E-state index in [1.807, 2.05) is 0 Å². The summed E-state index contributed by atoms with van der Waals surface area (Å²) in [7, 11) is -4.51. The molecule has 0 aliphatic heterocycles. The number of carbonyl (C=O) groups excluding carboxylic acids is 2. The summed E-state index contributed by atoms with van der Waals surface area (Å²) >= 11 is 0. The second kappa shape index (κ2) is 15.7. The van der Waals surface area contributed by atoms with Gasteiger partial charge in [-0.3, -0.25) is 14.1 Å². The van der Waals surface area contributed by atoms with Crippen LogP contribution in [0.4, 0.5) is 0 Å². The minimum absolute atomic E-state index is 0.0728. The lowest BCUT2D eigenvalue weighted by Crippen LogP contribution is -2.07. The highest BCUT2D eigenvalue weighted by atomic mass is 31.2. The highest BCUT2D eigenvalue weighted by Crippen LogP contribution is 2.35. The molecule has 6 nitrogen and oxygen atoms in total. The predicted octanol–water partition coefficient (Wildman–Crippen LogP) is 4.72. The Labute approximate surface area is 152 Å². The van der Waals surface area contributed by atoms with Crippen molar-refractivity contribution >= 4 is 19.4 Å². The summed E-state index contributed by atoms with van der Waals surface area (Å²) in [4.78, 5) is 40.2. The van der Waals surface area contributed by atoms with Crippen molar-refractivity contribution in [3.63, 3.8) is 0 Å². The molecule has 0 unspecified atom stereocenters. The Morgan fingerprint density at radius 3 is 1.64 bits per heavy atom. The third kappa shape index (κ3) is 19.6. The Morgan fingerprint density at radius 2 is 1.16 bits per heavy atom. The molecule has 0 saturated carbocycles. The van der Waals surface area contributed by atoms with Gasteiger partial charge in [-0.15, -0.1) is 0 Å². The van der Waals surface area contributed by atoms with E-state index in [0.29, 0.717) is 6.42 Å². The number of ketones is 2. The Morgan fingerprint density at radius 1 is 0.720 bits per heavy atom. The van der Waals surface area contributed by atoms with Gasteiger partial charge in [-0.25, -0.2) is 4.57 Å². The lowest BCUT2D eigenvalue weighted by molar-refractivity contribution is -0.124. The Kier molecular flexibility index (Phi) is 15.3. The molecule has 0 bridgehead atoms. The first-order chi connectivity index (χ1) is 11.8. The Bertz CT molecular complexity index is 404. The van der Waals surface area contributed by atoms with Crippen molar-refractivity contribution in [3.8, 4) is 0 Å². The number of carbonyl (C=O) groups is 2. The zero-order valence-electron chi connectivity index (χ0n) is 15.6. The monoisotopic (exact) mass is 378 g/mol. The van der Waals surface area contributed by atoms with Gasteiger partial charge in [-0.1, -0.05) is 64.7 Å². The van der Waals surface area contributed by atoms with Gasteiger partial charge in [0.05, 0.1) is 6.61 Å². The Balaban J connectivity index is 3.41. The maximum absolute atomic E-state index is 11.7. The van der Waals surface area contributed by atoms with E-state index in [1.165, 1.54) is 51.4 Å². The molecule has 0 radical (unpaired) electrons. The molecule has 0 atom stereocenters. The van der Waals surface area contributed by atoms with Crippen molar-refractivity contribution in [3.05, 3.63) is 0 Å². The maximum atomic E-state index is 11.7. The molecule has 0 aromatic rings. The van der Waals surface area contributed by atoms with E-state index in [-0.39, 0.29) is 37.4 Å². The van der Waals surface area contributed by atoms with E-state index in [2.05, 4.69) is 11.4 Å². The van der Waals surface area contributed by atoms with E-state index in [0.717, 1.165) is 12.8 Å². The van der Waals surface area contributed by atoms with Gasteiger partial charge in [0.2, 0.25) is 0 Å². The third-order valence-corrected chi connectivity index (χ3v) is 4.65. The van der Waals surface area contributed by atoms with Crippen LogP contribution in [0.1, 0.15) is 96.8 Å². The van der Waals surface area contributed by atoms with Gasteiger partial charge < -0.3 is 9.79 Å². The highest BCUT2D eigenvalue weighted by Gasteiger charge is 2.14. The highest BCUT2D eigenvalue weighted by molar-refractivity contribution is 7.46. The topological polar surface area (TPSA) is 101 Å². The SMILES string of the molecule is CCCCCCCCCCCCC(=O)CCC(=O)CCOP(=O)(O)O. The predicted molar refractivity (Wildman–Crippen MR) is 98.3 cm³/mol. The quantitative estimate of drug-likeness (QED) is 0.264. The molecule has 0 heterocycles. The van der Waals surface area contributed by atoms with Crippen molar-refractivity contribution in [1.82, 2.24) is 0 Å². The van der Waals surface area contributed by atoms with Crippen LogP contribution in [-0.4, -0.2) is 28.0 Å². The van der Waals surface area contributed by atoms with Gasteiger partial charge in [0.15, 0.2) is 0 Å². The first kappa shape index (κ1) is 24.5. The van der Waals surface area contributed by atoms with Crippen molar-refractivity contribution in [1.29, 1.82) is 0 Å². The molecule has 0 aromatic heterocycles. The molecule has 0 spiro atoms. The second-order valence-corrected chi connectivity index (χ2v) is 7.82. The summed E-state index contributed by atoms with van der Waals surface area (Å²) in [6.07, 6.45) is 13.0. The van der Waals surface area contributed by atoms with Crippen molar-refractivity contribution < 1.29 is 28.5 Å². The van der Waals surface area contributed by atoms with Crippen molar-refractivity contribution in [2.45, 2.75) is 96.8 Å². The van der Waals surface area contributed by atoms with Crippen LogP contribution in [0.25, 0.3) is 0 Å². The number of hydrogen-bond acceptors (Lipinski definition) is 4. The van der Waals surface area contributed by atoms with Gasteiger partial charge in [-0.05, 0) is 6.42 Å². The summed E-state index contributed by atoms with van der Waals surface area (Å²) in [5.74, 6) is -0.117. The molecule has 0 aromatic carbocycles. The minimum Gasteiger partial charge on any atom is -0.303 e. The van der Waals surface area contributed by atoms with Crippen LogP contribution in [0.15, 0.2) is 0 Å². The fourth-order valence-electron chi connectivity index (χ4n) is 2.62. The van der Waals surface area contributed by atoms with Crippen LogP contribution in [0.5, 0.6) is 0 Å². The molecule has 2 N–H and O–H groups in total. The fraction of sp³-hybridized carbons (Fsp3) is 0.889. The molecule has 0 amide bonds. The van der Waals surface area contributed by atoms with Gasteiger partial charge in [-0.2, -0.15) is 0 Å². The van der Waals surface area contributed by atoms with Crippen LogP contribution >= 0.6 is 7.82 Å². The molecule has 25 heavy (non-hydrogen) atoms. The van der Waals surface area contributed by atoms with Crippen molar-refractivity contribution in [2.75, 3.05) is 6.61 Å². The average molecular weight is 378 g/mol. The first-order valence-corrected chi connectivity index (χ1v) is 11.1. The number of rotatable bonds is 18. The van der Waals surface area contributed by atoms with Crippen LogP contribution < -0.4 is 0 Å². The normalized spacial score (nSPS) is 11.6. The third-order valence-electron chi connectivity index (χ3n) is 4.13. The summed E-state index contributed by atoms with van der Waals surface area (Å²) < 4.78 is 14.7. The number of hydrogen-bond donors (Lipinski definition) is 2. The number of phosphoric acid groups is 1. The number of phosphoric ester groups is 1. The molecular weight excluding hydrogens is 343 g/mol. The minimum atomic E-state index is -4.51. The molecule has 148 valence electrons. The summed E-state index contributed by atoms with van der Waals surface area (Å²) in [6, 6.07) is 0. The van der Waals surface area contributed by atoms with Crippen molar-refractivity contribution in [2.24, 2.45) is 0 Å². The second-order valence-electron chi connectivity index (χ2n) is 6.58. The number of unbranched alkanes of at least 4 members (excludes halogenated alkanes) is 9. The lowest BCUT2D eigenvalue weighted by atomic mass is 10.0. The van der Waals surface area contributed by atoms with E-state index in [1.54, 1.807) is 0 Å². The van der Waals surface area contributed by atoms with Crippen LogP contribution in [0, 0.1) is 0 Å². The zero-order chi connectivity index (χ0) is 19.0. The van der Waals surface area contributed by atoms with Crippen LogP contribution in [-0.2, 0) is 18.7 Å². The lowest BCUT2D eigenvalue weighted by Gasteiger charge is -2.05. The Hall–Kier alpha value is -0.550. The molecule has 0 rings (SSSR count). The van der Waals surface area contributed by atoms with E-state index in [4.69, 9.17) is 9.79 Å². The van der Waals surface area contributed by atoms with Crippen LogP contribution in [0.2, 0.25) is 0 Å². The largest absolute Gasteiger partial charge is 0.469 e. The van der Waals surface area contributed by atoms with Gasteiger partial charge >= 0.3 is 7.82 Å². The fourth-order valence-corrected chi connectivity index (χ4v) is 2.95. The maximum Gasteiger partial charge on any atom is 0.469 e. The van der Waals surface area contributed by atoms with E-state index < -0.39 is 7.82 Å². The summed E-state index contributed by atoms with van der Waals surface area (Å²) in [5, 5.41) is 0. The standard InChI is InChI=1S/C18H35O6P/c1-2-3-4-5-6-7-8-9-10-11-12-17(19)13-14-18(20)15-16-24-25(21,22)23/h2-16H2,1H3,(H2,21,22,23). The molecule has 0 fully saturated rings. The van der Waals surface area contributed by atoms with Gasteiger partial charge in [0.25, 0.3) is 0 Å². The van der Waals surface area contributed by atoms with Crippen LogP contribution in [0.3, 0.4) is 0 Å². The van der Waals surface area contributed by atoms with E-state index >= 15 is 0 Å². The van der Waals surface area contributed by atoms with E-state index in [9.17, 15) is 14.2 Å². The number of Topliss-reactive ketones (excluding diaryl/α,β-unsaturated/α-hetero) is 2. The summed E-state index contributed by atoms with van der Waals surface area (Å²) in [5.41, 5.74) is 0. The molecule has 7 heteroatoms. The zero-order valence-corrected chi connectivity index (χ0v) is 16.5. The summed E-state index contributed by atoms with van der Waals surface area (Å²) in [6.45, 7) is 1.91. The average Bonchev–Trinajstić information content (AvgIpc) is 2.53. The molecule has 0 aliphatic rings. The first-order valence-electron chi connectivity index (χ1n) is 9.58. The molecule has 0 saturated heterocycles. The smallest absolute Gasteiger partial charge is 0.303 e. The molecule has 0 aliphatic carbocycles.